The predicted molar refractivity (Wildman–Crippen MR) is 242 cm³/mol. The zero-order valence-corrected chi connectivity index (χ0v) is 31.9. The van der Waals surface area contributed by atoms with E-state index in [0.717, 1.165) is 83.3 Å². The first-order valence-electron chi connectivity index (χ1n) is 19.4. The van der Waals surface area contributed by atoms with E-state index in [4.69, 9.17) is 19.4 Å². The first-order chi connectivity index (χ1) is 28.7. The highest BCUT2D eigenvalue weighted by atomic mass is 32.1. The number of rotatable bonds is 5. The molecule has 0 atom stereocenters. The lowest BCUT2D eigenvalue weighted by atomic mass is 9.94. The van der Waals surface area contributed by atoms with Gasteiger partial charge in [0.05, 0.1) is 22.6 Å². The van der Waals surface area contributed by atoms with E-state index in [-0.39, 0.29) is 0 Å². The molecule has 58 heavy (non-hydrogen) atoms. The van der Waals surface area contributed by atoms with Gasteiger partial charge in [-0.05, 0) is 47.5 Å². The normalized spacial score (nSPS) is 11.8. The fourth-order valence-electron chi connectivity index (χ4n) is 8.54. The molecule has 12 rings (SSSR count). The van der Waals surface area contributed by atoms with Crippen molar-refractivity contribution in [2.24, 2.45) is 0 Å². The molecule has 5 heteroatoms. The van der Waals surface area contributed by atoms with Gasteiger partial charge in [-0.2, -0.15) is 0 Å². The smallest absolute Gasteiger partial charge is 0.160 e. The summed E-state index contributed by atoms with van der Waals surface area (Å²) in [5, 5.41) is 8.34. The van der Waals surface area contributed by atoms with Gasteiger partial charge in [0.1, 0.15) is 11.2 Å². The van der Waals surface area contributed by atoms with Gasteiger partial charge in [0.25, 0.3) is 0 Å². The first-order valence-corrected chi connectivity index (χ1v) is 20.2. The van der Waals surface area contributed by atoms with Crippen LogP contribution < -0.4 is 0 Å². The SMILES string of the molecule is c1ccc(-c2nc(-c3ccc(-c4ccc5c(c4)nc(-c4ccccc4)c4ccc6sc7ccccc7c6c45)cc3)cc(-c3cccc4c3oc3ccccc34)n2)cc1. The molecule has 0 saturated carbocycles. The Balaban J connectivity index is 0.999. The zero-order valence-electron chi connectivity index (χ0n) is 31.1. The summed E-state index contributed by atoms with van der Waals surface area (Å²) in [6.45, 7) is 0. The van der Waals surface area contributed by atoms with Gasteiger partial charge >= 0.3 is 0 Å². The van der Waals surface area contributed by atoms with Gasteiger partial charge in [-0.1, -0.05) is 152 Å². The van der Waals surface area contributed by atoms with E-state index < -0.39 is 0 Å². The minimum absolute atomic E-state index is 0.667. The summed E-state index contributed by atoms with van der Waals surface area (Å²) in [7, 11) is 0. The van der Waals surface area contributed by atoms with Crippen molar-refractivity contribution in [2.45, 2.75) is 0 Å². The maximum atomic E-state index is 6.45. The van der Waals surface area contributed by atoms with Gasteiger partial charge < -0.3 is 4.42 Å². The number of nitrogens with zero attached hydrogens (tertiary/aromatic N) is 3. The Labute approximate surface area is 337 Å². The largest absolute Gasteiger partial charge is 0.455 e. The van der Waals surface area contributed by atoms with Crippen molar-refractivity contribution in [3.05, 3.63) is 188 Å². The average Bonchev–Trinajstić information content (AvgIpc) is 3.88. The van der Waals surface area contributed by atoms with Crippen LogP contribution in [0.5, 0.6) is 0 Å². The van der Waals surface area contributed by atoms with Crippen molar-refractivity contribution in [1.82, 2.24) is 15.0 Å². The van der Waals surface area contributed by atoms with Crippen molar-refractivity contribution in [3.8, 4) is 56.3 Å². The van der Waals surface area contributed by atoms with E-state index in [1.807, 2.05) is 47.7 Å². The molecule has 4 nitrogen and oxygen atoms in total. The lowest BCUT2D eigenvalue weighted by Gasteiger charge is -2.13. The monoisotopic (exact) mass is 757 g/mol. The Morgan fingerprint density at radius 2 is 1.05 bits per heavy atom. The van der Waals surface area contributed by atoms with Crippen LogP contribution in [0, 0.1) is 0 Å². The molecule has 0 aliphatic rings. The van der Waals surface area contributed by atoms with Gasteiger partial charge in [-0.15, -0.1) is 11.3 Å². The highest BCUT2D eigenvalue weighted by Crippen LogP contribution is 2.44. The molecule has 0 fully saturated rings. The number of benzene rings is 8. The van der Waals surface area contributed by atoms with Crippen molar-refractivity contribution >= 4 is 75.1 Å². The van der Waals surface area contributed by atoms with Crippen molar-refractivity contribution < 1.29 is 4.42 Å². The number of fused-ring (bicyclic) bond motifs is 10. The van der Waals surface area contributed by atoms with Crippen LogP contribution >= 0.6 is 11.3 Å². The summed E-state index contributed by atoms with van der Waals surface area (Å²) in [5.74, 6) is 0.667. The first kappa shape index (κ1) is 32.7. The van der Waals surface area contributed by atoms with Crippen molar-refractivity contribution in [2.75, 3.05) is 0 Å². The number of hydrogen-bond donors (Lipinski definition) is 0. The highest BCUT2D eigenvalue weighted by molar-refractivity contribution is 7.26. The standard InChI is InChI=1S/C53H31N3OS/c1-3-12-34(13-4-1)51-42-28-29-48-50(41-17-8-10-21-47(41)58-48)49(42)39-27-26-36(30-44(39)54-51)32-22-24-33(25-23-32)43-31-45(56-53(55-43)35-14-5-2-6-15-35)40-19-11-18-38-37-16-7-9-20-46(37)57-52(38)40/h1-31H. The molecule has 0 bridgehead atoms. The van der Waals surface area contributed by atoms with Gasteiger partial charge in [-0.25, -0.2) is 15.0 Å². The van der Waals surface area contributed by atoms with Gasteiger partial charge in [0.2, 0.25) is 0 Å². The van der Waals surface area contributed by atoms with Crippen LogP contribution in [0.25, 0.3) is 120 Å². The lowest BCUT2D eigenvalue weighted by molar-refractivity contribution is 0.670. The average molecular weight is 758 g/mol. The molecule has 12 aromatic rings. The maximum Gasteiger partial charge on any atom is 0.160 e. The number of aromatic nitrogens is 3. The van der Waals surface area contributed by atoms with E-state index in [0.29, 0.717) is 5.82 Å². The minimum atomic E-state index is 0.667. The van der Waals surface area contributed by atoms with E-state index >= 15 is 0 Å². The lowest BCUT2D eigenvalue weighted by Crippen LogP contribution is -1.96. The van der Waals surface area contributed by atoms with Crippen molar-refractivity contribution in [3.63, 3.8) is 0 Å². The molecular formula is C53H31N3OS. The zero-order chi connectivity index (χ0) is 38.2. The van der Waals surface area contributed by atoms with Crippen LogP contribution in [0.1, 0.15) is 0 Å². The van der Waals surface area contributed by atoms with Crippen LogP contribution in [0.2, 0.25) is 0 Å². The third kappa shape index (κ3) is 5.25. The fourth-order valence-corrected chi connectivity index (χ4v) is 9.65. The molecule has 0 aliphatic heterocycles. The van der Waals surface area contributed by atoms with Gasteiger partial charge in [0.15, 0.2) is 5.82 Å². The Kier molecular flexibility index (Phi) is 7.37. The summed E-state index contributed by atoms with van der Waals surface area (Å²) in [5.41, 5.74) is 11.5. The molecular weight excluding hydrogens is 727 g/mol. The molecule has 0 saturated heterocycles. The number of furan rings is 1. The molecule has 4 heterocycles. The van der Waals surface area contributed by atoms with E-state index in [1.165, 1.54) is 30.9 Å². The Hall–Kier alpha value is -7.47. The third-order valence-corrected chi connectivity index (χ3v) is 12.4. The second kappa shape index (κ2) is 13.1. The van der Waals surface area contributed by atoms with Crippen LogP contribution in [0.4, 0.5) is 0 Å². The number of para-hydroxylation sites is 2. The maximum absolute atomic E-state index is 6.45. The van der Waals surface area contributed by atoms with Gasteiger partial charge in [-0.3, -0.25) is 0 Å². The van der Waals surface area contributed by atoms with E-state index in [2.05, 4.69) is 152 Å². The number of hydrogen-bond acceptors (Lipinski definition) is 5. The molecule has 0 unspecified atom stereocenters. The number of thiophene rings is 1. The molecule has 0 amide bonds. The predicted octanol–water partition coefficient (Wildman–Crippen LogP) is 14.8. The van der Waals surface area contributed by atoms with E-state index in [1.54, 1.807) is 0 Å². The molecule has 270 valence electrons. The quantitative estimate of drug-likeness (QED) is 0.164. The van der Waals surface area contributed by atoms with Crippen LogP contribution in [0.3, 0.4) is 0 Å². The molecule has 0 N–H and O–H groups in total. The second-order valence-corrected chi connectivity index (χ2v) is 15.8. The Morgan fingerprint density at radius 1 is 0.379 bits per heavy atom. The topological polar surface area (TPSA) is 51.8 Å². The molecule has 8 aromatic carbocycles. The second-order valence-electron chi connectivity index (χ2n) is 14.7. The van der Waals surface area contributed by atoms with Crippen LogP contribution in [-0.4, -0.2) is 15.0 Å². The molecule has 0 radical (unpaired) electrons. The minimum Gasteiger partial charge on any atom is -0.455 e. The summed E-state index contributed by atoms with van der Waals surface area (Å²) in [6, 6.07) is 65.9. The highest BCUT2D eigenvalue weighted by Gasteiger charge is 2.19. The summed E-state index contributed by atoms with van der Waals surface area (Å²) < 4.78 is 9.04. The Bertz CT molecular complexity index is 3550. The van der Waals surface area contributed by atoms with Crippen molar-refractivity contribution in [1.29, 1.82) is 0 Å². The summed E-state index contributed by atoms with van der Waals surface area (Å²) in [6.07, 6.45) is 0. The molecule has 0 aliphatic carbocycles. The third-order valence-electron chi connectivity index (χ3n) is 11.3. The fraction of sp³-hybridized carbons (Fsp3) is 0. The summed E-state index contributed by atoms with van der Waals surface area (Å²) >= 11 is 1.85. The molecule has 4 aromatic heterocycles. The molecule has 0 spiro atoms. The van der Waals surface area contributed by atoms with Gasteiger partial charge in [0, 0.05) is 69.4 Å². The van der Waals surface area contributed by atoms with Crippen LogP contribution in [-0.2, 0) is 0 Å². The van der Waals surface area contributed by atoms with Crippen LogP contribution in [0.15, 0.2) is 192 Å². The van der Waals surface area contributed by atoms with E-state index in [9.17, 15) is 0 Å². The Morgan fingerprint density at radius 3 is 1.90 bits per heavy atom. The summed E-state index contributed by atoms with van der Waals surface area (Å²) in [4.78, 5) is 15.6. The number of pyridine rings is 1.